The van der Waals surface area contributed by atoms with Crippen molar-refractivity contribution in [3.05, 3.63) is 46.5 Å². The van der Waals surface area contributed by atoms with E-state index < -0.39 is 12.0 Å². The first kappa shape index (κ1) is 18.7. The number of aliphatic carboxylic acids is 1. The molecule has 0 saturated carbocycles. The summed E-state index contributed by atoms with van der Waals surface area (Å²) in [5.74, 6) is -1.47. The number of carbonyl (C=O) groups is 2. The minimum Gasteiger partial charge on any atom is -0.480 e. The average molecular weight is 385 g/mol. The lowest BCUT2D eigenvalue weighted by atomic mass is 9.92. The number of carboxylic acids is 1. The number of aromatic nitrogens is 2. The van der Waals surface area contributed by atoms with Crippen molar-refractivity contribution in [2.45, 2.75) is 52.0 Å². The van der Waals surface area contributed by atoms with Crippen molar-refractivity contribution in [1.82, 2.24) is 14.7 Å². The Morgan fingerprint density at radius 1 is 1.29 bits per heavy atom. The zero-order chi connectivity index (χ0) is 20.0. The molecule has 2 aliphatic rings. The van der Waals surface area contributed by atoms with E-state index in [1.165, 1.54) is 15.6 Å². The first-order chi connectivity index (χ1) is 13.4. The van der Waals surface area contributed by atoms with Gasteiger partial charge in [-0.3, -0.25) is 4.79 Å². The number of fused-ring (bicyclic) bond motifs is 1. The monoisotopic (exact) mass is 385 g/mol. The highest BCUT2D eigenvalue weighted by Gasteiger charge is 2.38. The van der Waals surface area contributed by atoms with Gasteiger partial charge in [0.1, 0.15) is 17.5 Å². The second-order valence-corrected chi connectivity index (χ2v) is 7.98. The number of hydrogen-bond donors (Lipinski definition) is 1. The topological polar surface area (TPSA) is 75.4 Å². The van der Waals surface area contributed by atoms with Gasteiger partial charge in [0.25, 0.3) is 5.91 Å². The molecule has 148 valence electrons. The number of benzene rings is 1. The smallest absolute Gasteiger partial charge is 0.326 e. The van der Waals surface area contributed by atoms with Crippen molar-refractivity contribution >= 4 is 11.9 Å². The van der Waals surface area contributed by atoms with Crippen LogP contribution in [0.5, 0.6) is 0 Å². The molecule has 4 rings (SSSR count). The Labute approximate surface area is 163 Å². The Balaban J connectivity index is 1.75. The molecule has 1 aromatic heterocycles. The molecule has 6 nitrogen and oxygen atoms in total. The molecule has 1 aliphatic carbocycles. The molecule has 2 heterocycles. The van der Waals surface area contributed by atoms with Crippen molar-refractivity contribution in [2.75, 3.05) is 6.54 Å². The predicted molar refractivity (Wildman–Crippen MR) is 101 cm³/mol. The van der Waals surface area contributed by atoms with Crippen LogP contribution in [0, 0.1) is 18.7 Å². The molecule has 1 amide bonds. The summed E-state index contributed by atoms with van der Waals surface area (Å²) in [6, 6.07) is 4.10. The normalized spacial score (nSPS) is 21.6. The molecule has 1 aromatic carbocycles. The maximum atomic E-state index is 14.5. The van der Waals surface area contributed by atoms with Crippen molar-refractivity contribution in [1.29, 1.82) is 0 Å². The minimum absolute atomic E-state index is 0.259. The van der Waals surface area contributed by atoms with Gasteiger partial charge in [0.15, 0.2) is 5.69 Å². The van der Waals surface area contributed by atoms with Gasteiger partial charge in [0.05, 0.1) is 0 Å². The van der Waals surface area contributed by atoms with E-state index in [9.17, 15) is 19.1 Å². The highest BCUT2D eigenvalue weighted by Crippen LogP contribution is 2.31. The van der Waals surface area contributed by atoms with E-state index in [-0.39, 0.29) is 23.3 Å². The van der Waals surface area contributed by atoms with Crippen LogP contribution < -0.4 is 0 Å². The summed E-state index contributed by atoms with van der Waals surface area (Å²) in [5.41, 5.74) is 3.09. The number of rotatable bonds is 3. The average Bonchev–Trinajstić information content (AvgIpc) is 3.24. The van der Waals surface area contributed by atoms with Crippen LogP contribution in [0.2, 0.25) is 0 Å². The molecule has 0 spiro atoms. The van der Waals surface area contributed by atoms with E-state index in [1.807, 2.05) is 19.9 Å². The van der Waals surface area contributed by atoms with Gasteiger partial charge >= 0.3 is 5.97 Å². The molecule has 2 unspecified atom stereocenters. The third-order valence-electron chi connectivity index (χ3n) is 5.87. The summed E-state index contributed by atoms with van der Waals surface area (Å²) < 4.78 is 16.1. The van der Waals surface area contributed by atoms with Gasteiger partial charge in [-0.2, -0.15) is 5.10 Å². The highest BCUT2D eigenvalue weighted by atomic mass is 19.1. The van der Waals surface area contributed by atoms with E-state index in [0.717, 1.165) is 36.1 Å². The lowest BCUT2D eigenvalue weighted by Crippen LogP contribution is -2.50. The number of nitrogens with zero attached hydrogens (tertiary/aromatic N) is 3. The Morgan fingerprint density at radius 2 is 2.07 bits per heavy atom. The predicted octanol–water partition coefficient (Wildman–Crippen LogP) is 3.13. The lowest BCUT2D eigenvalue weighted by Gasteiger charge is -2.35. The van der Waals surface area contributed by atoms with E-state index in [2.05, 4.69) is 5.10 Å². The third kappa shape index (κ3) is 3.08. The largest absolute Gasteiger partial charge is 0.480 e. The van der Waals surface area contributed by atoms with Crippen LogP contribution in [0.3, 0.4) is 0 Å². The maximum absolute atomic E-state index is 14.5. The number of carboxylic acid groups (broad SMARTS) is 1. The first-order valence-corrected chi connectivity index (χ1v) is 9.78. The van der Waals surface area contributed by atoms with Crippen LogP contribution in [0.25, 0.3) is 5.69 Å². The van der Waals surface area contributed by atoms with E-state index in [0.29, 0.717) is 25.1 Å². The Kier molecular flexibility index (Phi) is 4.69. The van der Waals surface area contributed by atoms with Gasteiger partial charge in [-0.05, 0) is 62.6 Å². The molecule has 2 aromatic rings. The van der Waals surface area contributed by atoms with Crippen LogP contribution in [-0.2, 0) is 17.6 Å². The van der Waals surface area contributed by atoms with Gasteiger partial charge in [-0.25, -0.2) is 13.9 Å². The number of piperidine rings is 1. The maximum Gasteiger partial charge on any atom is 0.326 e. The van der Waals surface area contributed by atoms with E-state index in [4.69, 9.17) is 0 Å². The second kappa shape index (κ2) is 7.04. The van der Waals surface area contributed by atoms with Gasteiger partial charge in [-0.1, -0.05) is 13.0 Å². The number of amides is 1. The summed E-state index contributed by atoms with van der Waals surface area (Å²) in [7, 11) is 0. The molecule has 0 radical (unpaired) electrons. The summed E-state index contributed by atoms with van der Waals surface area (Å²) in [6.07, 6.45) is 3.51. The van der Waals surface area contributed by atoms with Crippen LogP contribution in [0.1, 0.15) is 53.5 Å². The Bertz CT molecular complexity index is 953. The van der Waals surface area contributed by atoms with Crippen molar-refractivity contribution in [3.63, 3.8) is 0 Å². The fourth-order valence-corrected chi connectivity index (χ4v) is 4.35. The molecule has 7 heteroatoms. The standard InChI is InChI=1S/C21H24FN3O3/c1-12-6-7-17(15(22)10-12)25-16-5-3-4-14(16)19(23-25)20(26)24-9-8-13(2)11-18(24)21(27)28/h6-7,10,13,18H,3-5,8-9,11H2,1-2H3,(H,27,28). The van der Waals surface area contributed by atoms with Crippen LogP contribution in [-0.4, -0.2) is 44.3 Å². The SMILES string of the molecule is Cc1ccc(-n2nc(C(=O)N3CCC(C)CC3C(=O)O)c3c2CCC3)c(F)c1. The number of aryl methyl sites for hydroxylation is 1. The van der Waals surface area contributed by atoms with Gasteiger partial charge in [-0.15, -0.1) is 0 Å². The molecule has 1 saturated heterocycles. The molecular formula is C21H24FN3O3. The molecule has 2 atom stereocenters. The number of halogens is 1. The minimum atomic E-state index is -0.986. The first-order valence-electron chi connectivity index (χ1n) is 9.78. The van der Waals surface area contributed by atoms with Crippen molar-refractivity contribution in [3.8, 4) is 5.69 Å². The zero-order valence-corrected chi connectivity index (χ0v) is 16.1. The number of likely N-dealkylation sites (tertiary alicyclic amines) is 1. The van der Waals surface area contributed by atoms with Gasteiger partial charge in [0.2, 0.25) is 0 Å². The van der Waals surface area contributed by atoms with Crippen molar-refractivity contribution < 1.29 is 19.1 Å². The van der Waals surface area contributed by atoms with Crippen LogP contribution in [0.15, 0.2) is 18.2 Å². The fourth-order valence-electron chi connectivity index (χ4n) is 4.35. The van der Waals surface area contributed by atoms with E-state index >= 15 is 0 Å². The van der Waals surface area contributed by atoms with Crippen LogP contribution in [0.4, 0.5) is 4.39 Å². The third-order valence-corrected chi connectivity index (χ3v) is 5.87. The molecule has 1 fully saturated rings. The summed E-state index contributed by atoms with van der Waals surface area (Å²) in [5, 5.41) is 14.1. The summed E-state index contributed by atoms with van der Waals surface area (Å²) >= 11 is 0. The molecule has 28 heavy (non-hydrogen) atoms. The second-order valence-electron chi connectivity index (χ2n) is 7.98. The quantitative estimate of drug-likeness (QED) is 0.881. The molecule has 1 aliphatic heterocycles. The number of hydrogen-bond acceptors (Lipinski definition) is 3. The van der Waals surface area contributed by atoms with Crippen molar-refractivity contribution in [2.24, 2.45) is 5.92 Å². The highest BCUT2D eigenvalue weighted by molar-refractivity contribution is 5.96. The fraction of sp³-hybridized carbons (Fsp3) is 0.476. The van der Waals surface area contributed by atoms with Gasteiger partial charge in [0, 0.05) is 17.8 Å². The summed E-state index contributed by atoms with van der Waals surface area (Å²) in [4.78, 5) is 26.4. The molecular weight excluding hydrogens is 361 g/mol. The molecule has 0 bridgehead atoms. The molecule has 1 N–H and O–H groups in total. The number of carbonyl (C=O) groups excluding carboxylic acids is 1. The Morgan fingerprint density at radius 3 is 2.79 bits per heavy atom. The van der Waals surface area contributed by atoms with Gasteiger partial charge < -0.3 is 10.0 Å². The Hall–Kier alpha value is -2.70. The lowest BCUT2D eigenvalue weighted by molar-refractivity contribution is -0.144. The van der Waals surface area contributed by atoms with E-state index in [1.54, 1.807) is 6.07 Å². The summed E-state index contributed by atoms with van der Waals surface area (Å²) in [6.45, 7) is 4.22. The zero-order valence-electron chi connectivity index (χ0n) is 16.1. The van der Waals surface area contributed by atoms with Crippen LogP contribution >= 0.6 is 0 Å².